The maximum absolute atomic E-state index is 13.2. The van der Waals surface area contributed by atoms with E-state index in [0.717, 1.165) is 18.7 Å². The van der Waals surface area contributed by atoms with E-state index in [-0.39, 0.29) is 28.0 Å². The molecule has 0 N–H and O–H groups in total. The van der Waals surface area contributed by atoms with E-state index in [1.807, 2.05) is 13.8 Å². The summed E-state index contributed by atoms with van der Waals surface area (Å²) in [4.78, 5) is 20.2. The van der Waals surface area contributed by atoms with Crippen LogP contribution < -0.4 is 0 Å². The van der Waals surface area contributed by atoms with Gasteiger partial charge in [0.25, 0.3) is 0 Å². The molecule has 0 amide bonds. The minimum Gasteiger partial charge on any atom is -0.502 e. The molecule has 0 aliphatic rings. The molecule has 0 aliphatic heterocycles. The number of rotatable bonds is 7. The molecule has 3 rings (SSSR count). The van der Waals surface area contributed by atoms with Crippen molar-refractivity contribution in [1.82, 2.24) is 9.38 Å². The van der Waals surface area contributed by atoms with Crippen molar-refractivity contribution in [3.05, 3.63) is 75.4 Å². The number of aromatic nitrogens is 2. The Labute approximate surface area is 198 Å². The lowest BCUT2D eigenvalue weighted by atomic mass is 9.95. The summed E-state index contributed by atoms with van der Waals surface area (Å²) in [7, 11) is 1.43. The molecule has 1 unspecified atom stereocenters. The Bertz CT molecular complexity index is 1250. The number of methoxy groups -OCH3 is 1. The lowest BCUT2D eigenvalue weighted by molar-refractivity contribution is -0.137. The third kappa shape index (κ3) is 5.39. The third-order valence-corrected chi connectivity index (χ3v) is 5.64. The molecule has 0 saturated heterocycles. The smallest absolute Gasteiger partial charge is 0.417 e. The van der Waals surface area contributed by atoms with E-state index in [1.165, 1.54) is 24.0 Å². The first-order valence-electron chi connectivity index (χ1n) is 9.91. The maximum Gasteiger partial charge on any atom is 0.417 e. The third-order valence-electron chi connectivity index (χ3n) is 5.05. The van der Waals surface area contributed by atoms with Crippen LogP contribution in [-0.4, -0.2) is 28.5 Å². The fourth-order valence-electron chi connectivity index (χ4n) is 3.16. The first kappa shape index (κ1) is 24.8. The van der Waals surface area contributed by atoms with Crippen molar-refractivity contribution in [2.75, 3.05) is 7.11 Å². The Morgan fingerprint density at radius 1 is 1.24 bits per heavy atom. The number of aldehydes is 1. The van der Waals surface area contributed by atoms with E-state index in [4.69, 9.17) is 32.9 Å². The summed E-state index contributed by atoms with van der Waals surface area (Å²) in [5.41, 5.74) is 1.45. The number of imidazole rings is 1. The minimum absolute atomic E-state index is 0.0395. The quantitative estimate of drug-likeness (QED) is 0.201. The maximum atomic E-state index is 13.2. The monoisotopic (exact) mass is 497 g/mol. The van der Waals surface area contributed by atoms with Crippen molar-refractivity contribution in [1.29, 1.82) is 0 Å². The SMILES string of the molecule is CCC(C)C(=N/C(=C/OC)c1cn2cc(C(F)(F)F)cc(Cl)c2n1)c1ccc(C=O)cc1Cl. The molecule has 174 valence electrons. The van der Waals surface area contributed by atoms with Crippen molar-refractivity contribution >= 4 is 46.5 Å². The number of benzene rings is 1. The number of fused-ring (bicyclic) bond motifs is 1. The predicted molar refractivity (Wildman–Crippen MR) is 123 cm³/mol. The van der Waals surface area contributed by atoms with Gasteiger partial charge in [-0.05, 0) is 24.5 Å². The number of hydrogen-bond acceptors (Lipinski definition) is 4. The van der Waals surface area contributed by atoms with Gasteiger partial charge in [-0.1, -0.05) is 49.2 Å². The molecule has 0 radical (unpaired) electrons. The molecular weight excluding hydrogens is 478 g/mol. The highest BCUT2D eigenvalue weighted by atomic mass is 35.5. The number of nitrogens with zero attached hydrogens (tertiary/aromatic N) is 3. The first-order valence-corrected chi connectivity index (χ1v) is 10.7. The molecular formula is C23H20Cl2F3N3O2. The number of hydrogen-bond donors (Lipinski definition) is 0. The van der Waals surface area contributed by atoms with Gasteiger partial charge in [-0.2, -0.15) is 13.2 Å². The van der Waals surface area contributed by atoms with E-state index >= 15 is 0 Å². The van der Waals surface area contributed by atoms with Gasteiger partial charge in [0.1, 0.15) is 23.9 Å². The second kappa shape index (κ2) is 9.97. The first-order chi connectivity index (χ1) is 15.6. The van der Waals surface area contributed by atoms with Gasteiger partial charge in [0, 0.05) is 23.5 Å². The zero-order valence-corrected chi connectivity index (χ0v) is 19.5. The van der Waals surface area contributed by atoms with Gasteiger partial charge >= 0.3 is 6.18 Å². The summed E-state index contributed by atoms with van der Waals surface area (Å²) in [6, 6.07) is 5.72. The summed E-state index contributed by atoms with van der Waals surface area (Å²) in [6.45, 7) is 3.94. The molecule has 1 aromatic carbocycles. The van der Waals surface area contributed by atoms with E-state index in [1.54, 1.807) is 18.2 Å². The van der Waals surface area contributed by atoms with Crippen LogP contribution in [0.15, 0.2) is 47.9 Å². The van der Waals surface area contributed by atoms with Gasteiger partial charge in [0.2, 0.25) is 0 Å². The largest absolute Gasteiger partial charge is 0.502 e. The zero-order valence-electron chi connectivity index (χ0n) is 18.0. The molecule has 3 aromatic rings. The van der Waals surface area contributed by atoms with Crippen LogP contribution in [-0.2, 0) is 10.9 Å². The molecule has 33 heavy (non-hydrogen) atoms. The van der Waals surface area contributed by atoms with E-state index in [0.29, 0.717) is 28.1 Å². The number of pyridine rings is 1. The van der Waals surface area contributed by atoms with E-state index in [9.17, 15) is 18.0 Å². The van der Waals surface area contributed by atoms with Gasteiger partial charge < -0.3 is 9.14 Å². The lowest BCUT2D eigenvalue weighted by Crippen LogP contribution is -2.13. The van der Waals surface area contributed by atoms with Gasteiger partial charge in [0.15, 0.2) is 5.65 Å². The van der Waals surface area contributed by atoms with Crippen LogP contribution in [0.3, 0.4) is 0 Å². The van der Waals surface area contributed by atoms with Crippen LogP contribution in [0.5, 0.6) is 0 Å². The molecule has 1 atom stereocenters. The zero-order chi connectivity index (χ0) is 24.3. The van der Waals surface area contributed by atoms with Gasteiger partial charge in [-0.15, -0.1) is 0 Å². The normalized spacial score (nSPS) is 13.9. The van der Waals surface area contributed by atoms with Crippen LogP contribution in [0.2, 0.25) is 10.0 Å². The van der Waals surface area contributed by atoms with Crippen molar-refractivity contribution in [3.63, 3.8) is 0 Å². The predicted octanol–water partition coefficient (Wildman–Crippen LogP) is 6.95. The summed E-state index contributed by atoms with van der Waals surface area (Å²) in [5.74, 6) is -0.0395. The van der Waals surface area contributed by atoms with Crippen LogP contribution >= 0.6 is 23.2 Å². The second-order valence-corrected chi connectivity index (χ2v) is 8.15. The van der Waals surface area contributed by atoms with Crippen molar-refractivity contribution in [3.8, 4) is 0 Å². The fourth-order valence-corrected chi connectivity index (χ4v) is 3.71. The van der Waals surface area contributed by atoms with E-state index < -0.39 is 11.7 Å². The van der Waals surface area contributed by atoms with Crippen molar-refractivity contribution in [2.24, 2.45) is 10.9 Å². The molecule has 2 aromatic heterocycles. The highest BCUT2D eigenvalue weighted by Crippen LogP contribution is 2.33. The number of alkyl halides is 3. The summed E-state index contributed by atoms with van der Waals surface area (Å²) < 4.78 is 45.9. The Balaban J connectivity index is 2.17. The van der Waals surface area contributed by atoms with Crippen molar-refractivity contribution in [2.45, 2.75) is 26.4 Å². The number of carbonyl (C=O) groups excluding carboxylic acids is 1. The molecule has 0 fully saturated rings. The average Bonchev–Trinajstić information content (AvgIpc) is 3.20. The second-order valence-electron chi connectivity index (χ2n) is 7.33. The van der Waals surface area contributed by atoms with Crippen LogP contribution in [0.25, 0.3) is 11.3 Å². The molecule has 2 heterocycles. The fraction of sp³-hybridized carbons (Fsp3) is 0.261. The number of aliphatic imine (C=N–C) groups is 1. The van der Waals surface area contributed by atoms with Crippen LogP contribution in [0.1, 0.15) is 47.4 Å². The number of carbonyl (C=O) groups is 1. The Morgan fingerprint density at radius 3 is 2.55 bits per heavy atom. The summed E-state index contributed by atoms with van der Waals surface area (Å²) >= 11 is 12.5. The highest BCUT2D eigenvalue weighted by molar-refractivity contribution is 6.35. The summed E-state index contributed by atoms with van der Waals surface area (Å²) in [6.07, 6.45) is 0.529. The molecule has 10 heteroatoms. The van der Waals surface area contributed by atoms with Crippen LogP contribution in [0.4, 0.5) is 13.2 Å². The molecule has 0 aliphatic carbocycles. The lowest BCUT2D eigenvalue weighted by Gasteiger charge is -2.15. The van der Waals surface area contributed by atoms with Gasteiger partial charge in [-0.3, -0.25) is 4.79 Å². The Hall–Kier alpha value is -2.84. The van der Waals surface area contributed by atoms with Gasteiger partial charge in [-0.25, -0.2) is 9.98 Å². The van der Waals surface area contributed by atoms with Gasteiger partial charge in [0.05, 0.1) is 28.4 Å². The topological polar surface area (TPSA) is 56.0 Å². The number of ether oxygens (including phenoxy) is 1. The van der Waals surface area contributed by atoms with E-state index in [2.05, 4.69) is 4.98 Å². The standard InChI is InChI=1S/C23H20Cl2F3N3O2/c1-4-13(2)21(16-6-5-14(11-32)7-17(16)24)29-20(12-33-3)19-10-31-9-15(23(26,27)28)8-18(25)22(31)30-19/h5-13H,4H2,1-3H3/b20-12+,29-21?. The number of halogens is 5. The van der Waals surface area contributed by atoms with Crippen molar-refractivity contribution < 1.29 is 22.7 Å². The summed E-state index contributed by atoms with van der Waals surface area (Å²) in [5, 5.41) is 0.203. The molecule has 0 spiro atoms. The molecule has 0 bridgehead atoms. The average molecular weight is 498 g/mol. The Kier molecular flexibility index (Phi) is 7.49. The molecule has 5 nitrogen and oxygen atoms in total. The minimum atomic E-state index is -4.56. The highest BCUT2D eigenvalue weighted by Gasteiger charge is 2.32. The van der Waals surface area contributed by atoms with Crippen LogP contribution in [0, 0.1) is 5.92 Å². The molecule has 0 saturated carbocycles. The Morgan fingerprint density at radius 2 is 1.97 bits per heavy atom.